The Labute approximate surface area is 93.2 Å². The van der Waals surface area contributed by atoms with Crippen LogP contribution in [0.25, 0.3) is 0 Å². The lowest BCUT2D eigenvalue weighted by molar-refractivity contribution is 0.173. The molecule has 0 aliphatic rings. The van der Waals surface area contributed by atoms with Gasteiger partial charge in [0.25, 0.3) is 0 Å². The monoisotopic (exact) mass is 213 g/mol. The third kappa shape index (κ3) is 6.45. The first-order chi connectivity index (χ1) is 7.08. The smallest absolute Gasteiger partial charge is 0.116 e. The van der Waals surface area contributed by atoms with E-state index in [2.05, 4.69) is 16.3 Å². The molecule has 1 unspecified atom stereocenters. The molecule has 0 saturated carbocycles. The maximum atomic E-state index is 9.07. The first kappa shape index (κ1) is 14.4. The number of rotatable bonds is 8. The van der Waals surface area contributed by atoms with Crippen LogP contribution < -0.4 is 5.32 Å². The maximum absolute atomic E-state index is 9.07. The van der Waals surface area contributed by atoms with Gasteiger partial charge in [-0.25, -0.2) is 0 Å². The molecule has 0 aromatic carbocycles. The second-order valence-corrected chi connectivity index (χ2v) is 4.06. The van der Waals surface area contributed by atoms with Crippen LogP contribution in [0.5, 0.6) is 0 Å². The minimum absolute atomic E-state index is 0.448. The molecule has 0 aromatic rings. The number of hydrogen-bond donors (Lipinski definition) is 1. The lowest BCUT2D eigenvalue weighted by atomic mass is 10.0. The van der Waals surface area contributed by atoms with Crippen molar-refractivity contribution >= 4 is 0 Å². The maximum Gasteiger partial charge on any atom is 0.116 e. The number of nitrogens with one attached hydrogen (secondary N) is 1. The zero-order chi connectivity index (χ0) is 11.7. The fraction of sp³-hybridized carbons (Fsp3) is 0.909. The van der Waals surface area contributed by atoms with Gasteiger partial charge in [0, 0.05) is 26.8 Å². The van der Waals surface area contributed by atoms with Gasteiger partial charge in [-0.2, -0.15) is 5.26 Å². The van der Waals surface area contributed by atoms with Crippen molar-refractivity contribution in [2.24, 2.45) is 0 Å². The quantitative estimate of drug-likeness (QED) is 0.607. The minimum atomic E-state index is -0.448. The summed E-state index contributed by atoms with van der Waals surface area (Å²) < 4.78 is 4.99. The molecule has 0 aromatic heterocycles. The normalized spacial score (nSPS) is 14.9. The van der Waals surface area contributed by atoms with Gasteiger partial charge in [0.05, 0.1) is 6.07 Å². The number of hydrogen-bond acceptors (Lipinski definition) is 4. The summed E-state index contributed by atoms with van der Waals surface area (Å²) in [5, 5.41) is 12.3. The van der Waals surface area contributed by atoms with Gasteiger partial charge in [-0.3, -0.25) is 5.32 Å². The highest BCUT2D eigenvalue weighted by atomic mass is 16.5. The molecule has 15 heavy (non-hydrogen) atoms. The van der Waals surface area contributed by atoms with Crippen molar-refractivity contribution < 1.29 is 4.74 Å². The summed E-state index contributed by atoms with van der Waals surface area (Å²) in [5.74, 6) is 0. The van der Waals surface area contributed by atoms with Crippen LogP contribution in [0.15, 0.2) is 0 Å². The lowest BCUT2D eigenvalue weighted by Gasteiger charge is -2.28. The van der Waals surface area contributed by atoms with E-state index in [0.717, 1.165) is 32.7 Å². The topological polar surface area (TPSA) is 48.3 Å². The molecule has 0 spiro atoms. The average molecular weight is 213 g/mol. The first-order valence-corrected chi connectivity index (χ1v) is 5.41. The largest absolute Gasteiger partial charge is 0.385 e. The van der Waals surface area contributed by atoms with Crippen LogP contribution in [-0.4, -0.2) is 50.8 Å². The fourth-order valence-electron chi connectivity index (χ4n) is 1.62. The van der Waals surface area contributed by atoms with E-state index in [1.165, 1.54) is 0 Å². The predicted octanol–water partition coefficient (Wildman–Crippen LogP) is 0.846. The van der Waals surface area contributed by atoms with Gasteiger partial charge in [0.15, 0.2) is 0 Å². The highest BCUT2D eigenvalue weighted by molar-refractivity contribution is 5.05. The van der Waals surface area contributed by atoms with Crippen molar-refractivity contribution in [3.63, 3.8) is 0 Å². The van der Waals surface area contributed by atoms with Crippen LogP contribution in [-0.2, 0) is 4.74 Å². The number of likely N-dealkylation sites (N-methyl/N-ethyl adjacent to an activating group) is 2. The number of nitriles is 1. The Morgan fingerprint density at radius 3 is 2.67 bits per heavy atom. The molecule has 1 N–H and O–H groups in total. The van der Waals surface area contributed by atoms with Gasteiger partial charge < -0.3 is 9.64 Å². The molecule has 1 atom stereocenters. The van der Waals surface area contributed by atoms with E-state index in [1.54, 1.807) is 7.11 Å². The second-order valence-electron chi connectivity index (χ2n) is 4.06. The SMILES string of the molecule is CCNC(C)(C#N)CN(C)CCCOC. The summed E-state index contributed by atoms with van der Waals surface area (Å²) in [7, 11) is 3.74. The Bertz CT molecular complexity index is 202. The van der Waals surface area contributed by atoms with E-state index in [1.807, 2.05) is 20.9 Å². The van der Waals surface area contributed by atoms with Gasteiger partial charge in [0.1, 0.15) is 5.54 Å². The van der Waals surface area contributed by atoms with Gasteiger partial charge in [-0.15, -0.1) is 0 Å². The molecule has 0 amide bonds. The van der Waals surface area contributed by atoms with Crippen molar-refractivity contribution in [2.45, 2.75) is 25.8 Å². The Balaban J connectivity index is 3.91. The Kier molecular flexibility index (Phi) is 7.31. The van der Waals surface area contributed by atoms with E-state index in [4.69, 9.17) is 10.00 Å². The van der Waals surface area contributed by atoms with Crippen LogP contribution in [0.2, 0.25) is 0 Å². The van der Waals surface area contributed by atoms with Gasteiger partial charge in [0.2, 0.25) is 0 Å². The fourth-order valence-corrected chi connectivity index (χ4v) is 1.62. The van der Waals surface area contributed by atoms with Crippen LogP contribution in [0.4, 0.5) is 0 Å². The van der Waals surface area contributed by atoms with Crippen molar-refractivity contribution in [1.29, 1.82) is 5.26 Å². The van der Waals surface area contributed by atoms with E-state index in [-0.39, 0.29) is 0 Å². The molecule has 4 nitrogen and oxygen atoms in total. The molecule has 88 valence electrons. The van der Waals surface area contributed by atoms with Crippen molar-refractivity contribution in [3.05, 3.63) is 0 Å². The zero-order valence-electron chi connectivity index (χ0n) is 10.3. The number of ether oxygens (including phenoxy) is 1. The summed E-state index contributed by atoms with van der Waals surface area (Å²) >= 11 is 0. The van der Waals surface area contributed by atoms with Gasteiger partial charge in [-0.1, -0.05) is 6.92 Å². The van der Waals surface area contributed by atoms with Crippen molar-refractivity contribution in [2.75, 3.05) is 40.4 Å². The van der Waals surface area contributed by atoms with Crippen molar-refractivity contribution in [3.8, 4) is 6.07 Å². The summed E-state index contributed by atoms with van der Waals surface area (Å²) in [4.78, 5) is 2.16. The van der Waals surface area contributed by atoms with E-state index in [0.29, 0.717) is 0 Å². The lowest BCUT2D eigenvalue weighted by Crippen LogP contribution is -2.49. The Morgan fingerprint density at radius 2 is 2.20 bits per heavy atom. The molecule has 0 bridgehead atoms. The van der Waals surface area contributed by atoms with Crippen LogP contribution in [0.1, 0.15) is 20.3 Å². The zero-order valence-corrected chi connectivity index (χ0v) is 10.3. The van der Waals surface area contributed by atoms with Crippen LogP contribution in [0, 0.1) is 11.3 Å². The molecule has 0 heterocycles. The highest BCUT2D eigenvalue weighted by Gasteiger charge is 2.23. The molecule has 0 aliphatic heterocycles. The molecule has 4 heteroatoms. The number of methoxy groups -OCH3 is 1. The summed E-state index contributed by atoms with van der Waals surface area (Å²) in [6, 6.07) is 2.32. The van der Waals surface area contributed by atoms with E-state index < -0.39 is 5.54 Å². The highest BCUT2D eigenvalue weighted by Crippen LogP contribution is 2.04. The number of nitrogens with zero attached hydrogens (tertiary/aromatic N) is 2. The van der Waals surface area contributed by atoms with E-state index in [9.17, 15) is 0 Å². The van der Waals surface area contributed by atoms with Crippen LogP contribution in [0.3, 0.4) is 0 Å². The molecular formula is C11H23N3O. The summed E-state index contributed by atoms with van der Waals surface area (Å²) in [6.45, 7) is 7.23. The molecule has 0 saturated heterocycles. The van der Waals surface area contributed by atoms with E-state index >= 15 is 0 Å². The van der Waals surface area contributed by atoms with Crippen LogP contribution >= 0.6 is 0 Å². The Morgan fingerprint density at radius 1 is 1.53 bits per heavy atom. The third-order valence-corrected chi connectivity index (χ3v) is 2.29. The standard InChI is InChI=1S/C11H23N3O/c1-5-13-11(2,9-12)10-14(3)7-6-8-15-4/h13H,5-8,10H2,1-4H3. The molecule has 0 aliphatic carbocycles. The second kappa shape index (κ2) is 7.63. The van der Waals surface area contributed by atoms with Gasteiger partial charge >= 0.3 is 0 Å². The molecule has 0 radical (unpaired) electrons. The third-order valence-electron chi connectivity index (χ3n) is 2.29. The molecular weight excluding hydrogens is 190 g/mol. The van der Waals surface area contributed by atoms with Gasteiger partial charge in [-0.05, 0) is 26.9 Å². The Hall–Kier alpha value is -0.630. The average Bonchev–Trinajstić information content (AvgIpc) is 2.18. The first-order valence-electron chi connectivity index (χ1n) is 5.41. The summed E-state index contributed by atoms with van der Waals surface area (Å²) in [5.41, 5.74) is -0.448. The predicted molar refractivity (Wildman–Crippen MR) is 61.7 cm³/mol. The molecule has 0 rings (SSSR count). The minimum Gasteiger partial charge on any atom is -0.385 e. The summed E-state index contributed by atoms with van der Waals surface area (Å²) in [6.07, 6.45) is 1.00. The molecule has 0 fully saturated rings. The van der Waals surface area contributed by atoms with Crippen molar-refractivity contribution in [1.82, 2.24) is 10.2 Å².